The first-order valence-corrected chi connectivity index (χ1v) is 9.41. The second-order valence-electron chi connectivity index (χ2n) is 6.24. The van der Waals surface area contributed by atoms with Crippen molar-refractivity contribution in [3.63, 3.8) is 0 Å². The van der Waals surface area contributed by atoms with E-state index in [1.54, 1.807) is 18.4 Å². The van der Waals surface area contributed by atoms with Crippen molar-refractivity contribution in [3.05, 3.63) is 58.7 Å². The van der Waals surface area contributed by atoms with E-state index in [-0.39, 0.29) is 6.04 Å². The maximum Gasteiger partial charge on any atom is 0.183 e. The molecule has 0 unspecified atom stereocenters. The van der Waals surface area contributed by atoms with Crippen LogP contribution in [0.1, 0.15) is 29.9 Å². The molecule has 0 saturated heterocycles. The third-order valence-corrected chi connectivity index (χ3v) is 5.29. The molecule has 2 aromatic heterocycles. The summed E-state index contributed by atoms with van der Waals surface area (Å²) in [5, 5.41) is 6.58. The topological polar surface area (TPSA) is 39.1 Å². The number of benzene rings is 1. The lowest BCUT2D eigenvalue weighted by Gasteiger charge is -2.12. The molecule has 0 aliphatic heterocycles. The van der Waals surface area contributed by atoms with Crippen LogP contribution in [0.25, 0.3) is 11.3 Å². The van der Waals surface area contributed by atoms with Crippen LogP contribution in [0.3, 0.4) is 0 Å². The van der Waals surface area contributed by atoms with E-state index in [4.69, 9.17) is 9.72 Å². The van der Waals surface area contributed by atoms with Crippen LogP contribution >= 0.6 is 11.3 Å². The van der Waals surface area contributed by atoms with Gasteiger partial charge in [0.25, 0.3) is 0 Å². The molecule has 5 heteroatoms. The summed E-state index contributed by atoms with van der Waals surface area (Å²) in [4.78, 5) is 4.80. The Hall–Kier alpha value is -2.11. The number of ether oxygens (including phenoxy) is 1. The van der Waals surface area contributed by atoms with Crippen LogP contribution in [-0.4, -0.2) is 23.3 Å². The lowest BCUT2D eigenvalue weighted by atomic mass is 10.1. The van der Waals surface area contributed by atoms with Crippen LogP contribution in [0.2, 0.25) is 0 Å². The fourth-order valence-electron chi connectivity index (χ4n) is 3.06. The Bertz CT molecular complexity index is 823. The predicted molar refractivity (Wildman–Crippen MR) is 105 cm³/mol. The minimum atomic E-state index is 0.231. The van der Waals surface area contributed by atoms with Gasteiger partial charge in [-0.2, -0.15) is 0 Å². The van der Waals surface area contributed by atoms with E-state index in [0.717, 1.165) is 17.4 Å². The molecule has 1 N–H and O–H groups in total. The van der Waals surface area contributed by atoms with E-state index in [1.165, 1.54) is 22.5 Å². The van der Waals surface area contributed by atoms with Gasteiger partial charge in [-0.1, -0.05) is 30.3 Å². The number of aryl methyl sites for hydroxylation is 1. The van der Waals surface area contributed by atoms with E-state index < -0.39 is 0 Å². The third kappa shape index (κ3) is 3.94. The van der Waals surface area contributed by atoms with Gasteiger partial charge in [0.15, 0.2) is 5.13 Å². The summed E-state index contributed by atoms with van der Waals surface area (Å²) in [6.45, 7) is 8.03. The average Bonchev–Trinajstić information content (AvgIpc) is 3.18. The summed E-state index contributed by atoms with van der Waals surface area (Å²) in [6.07, 6.45) is 0. The smallest absolute Gasteiger partial charge is 0.183 e. The lowest BCUT2D eigenvalue weighted by molar-refractivity contribution is 0.186. The highest BCUT2D eigenvalue weighted by atomic mass is 32.1. The molecule has 132 valence electrons. The van der Waals surface area contributed by atoms with Crippen molar-refractivity contribution in [2.45, 2.75) is 33.4 Å². The zero-order chi connectivity index (χ0) is 17.8. The minimum Gasteiger partial charge on any atom is -0.383 e. The van der Waals surface area contributed by atoms with Crippen molar-refractivity contribution in [1.29, 1.82) is 0 Å². The number of hydrogen-bond donors (Lipinski definition) is 1. The molecule has 0 amide bonds. The van der Waals surface area contributed by atoms with Gasteiger partial charge in [0, 0.05) is 36.0 Å². The quantitative estimate of drug-likeness (QED) is 0.645. The van der Waals surface area contributed by atoms with Crippen molar-refractivity contribution >= 4 is 16.5 Å². The van der Waals surface area contributed by atoms with Gasteiger partial charge in [-0.15, -0.1) is 11.3 Å². The normalized spacial score (nSPS) is 12.3. The first-order valence-electron chi connectivity index (χ1n) is 8.53. The zero-order valence-electron chi connectivity index (χ0n) is 15.2. The minimum absolute atomic E-state index is 0.231. The Morgan fingerprint density at radius 3 is 2.72 bits per heavy atom. The molecule has 0 radical (unpaired) electrons. The molecule has 25 heavy (non-hydrogen) atoms. The molecule has 0 spiro atoms. The average molecular weight is 356 g/mol. The predicted octanol–water partition coefficient (Wildman–Crippen LogP) is 5.05. The fraction of sp³-hybridized carbons (Fsp3) is 0.350. The summed E-state index contributed by atoms with van der Waals surface area (Å²) in [6, 6.07) is 12.9. The van der Waals surface area contributed by atoms with Gasteiger partial charge in [-0.05, 0) is 32.4 Å². The van der Waals surface area contributed by atoms with Crippen LogP contribution in [0.15, 0.2) is 41.8 Å². The van der Waals surface area contributed by atoms with Gasteiger partial charge >= 0.3 is 0 Å². The number of anilines is 1. The molecule has 2 heterocycles. The molecule has 0 bridgehead atoms. The molecule has 0 aliphatic rings. The SMILES string of the molecule is COCCn1c(C)cc(-c2csc(N[C@H](C)c3ccccc3)n2)c1C. The summed E-state index contributed by atoms with van der Waals surface area (Å²) in [5.74, 6) is 0. The summed E-state index contributed by atoms with van der Waals surface area (Å²) >= 11 is 1.65. The molecule has 4 nitrogen and oxygen atoms in total. The molecule has 1 atom stereocenters. The number of hydrogen-bond acceptors (Lipinski definition) is 4. The highest BCUT2D eigenvalue weighted by Crippen LogP contribution is 2.31. The molecule has 0 aliphatic carbocycles. The molecule has 3 rings (SSSR count). The van der Waals surface area contributed by atoms with Gasteiger partial charge in [0.05, 0.1) is 18.3 Å². The van der Waals surface area contributed by atoms with Crippen molar-refractivity contribution in [3.8, 4) is 11.3 Å². The largest absolute Gasteiger partial charge is 0.383 e. The van der Waals surface area contributed by atoms with Crippen molar-refractivity contribution in [1.82, 2.24) is 9.55 Å². The fourth-order valence-corrected chi connectivity index (χ4v) is 3.86. The summed E-state index contributed by atoms with van der Waals surface area (Å²) in [7, 11) is 1.74. The van der Waals surface area contributed by atoms with Gasteiger partial charge < -0.3 is 14.6 Å². The Morgan fingerprint density at radius 2 is 2.00 bits per heavy atom. The Balaban J connectivity index is 1.78. The monoisotopic (exact) mass is 355 g/mol. The number of aromatic nitrogens is 2. The maximum absolute atomic E-state index is 5.22. The van der Waals surface area contributed by atoms with E-state index >= 15 is 0 Å². The number of methoxy groups -OCH3 is 1. The first kappa shape index (κ1) is 17.7. The van der Waals surface area contributed by atoms with Gasteiger partial charge in [0.2, 0.25) is 0 Å². The second kappa shape index (κ2) is 7.85. The second-order valence-corrected chi connectivity index (χ2v) is 7.10. The first-order chi connectivity index (χ1) is 12.1. The Labute approximate surface area is 153 Å². The van der Waals surface area contributed by atoms with Crippen LogP contribution in [-0.2, 0) is 11.3 Å². The molecule has 1 aromatic carbocycles. The Morgan fingerprint density at radius 1 is 1.24 bits per heavy atom. The number of thiazole rings is 1. The molecule has 0 fully saturated rings. The van der Waals surface area contributed by atoms with Crippen LogP contribution in [0, 0.1) is 13.8 Å². The molecule has 3 aromatic rings. The number of nitrogens with zero attached hydrogens (tertiary/aromatic N) is 2. The van der Waals surface area contributed by atoms with Crippen LogP contribution in [0.4, 0.5) is 5.13 Å². The molecular weight excluding hydrogens is 330 g/mol. The third-order valence-electron chi connectivity index (χ3n) is 4.51. The van der Waals surface area contributed by atoms with Crippen molar-refractivity contribution < 1.29 is 4.74 Å². The zero-order valence-corrected chi connectivity index (χ0v) is 16.1. The van der Waals surface area contributed by atoms with E-state index in [2.05, 4.69) is 66.4 Å². The summed E-state index contributed by atoms with van der Waals surface area (Å²) < 4.78 is 7.51. The number of rotatable bonds is 7. The van der Waals surface area contributed by atoms with Crippen molar-refractivity contribution in [2.24, 2.45) is 0 Å². The van der Waals surface area contributed by atoms with E-state index in [0.29, 0.717) is 6.61 Å². The van der Waals surface area contributed by atoms with Gasteiger partial charge in [-0.25, -0.2) is 4.98 Å². The van der Waals surface area contributed by atoms with Crippen LogP contribution in [0.5, 0.6) is 0 Å². The Kier molecular flexibility index (Phi) is 5.56. The lowest BCUT2D eigenvalue weighted by Crippen LogP contribution is -2.07. The van der Waals surface area contributed by atoms with Gasteiger partial charge in [0.1, 0.15) is 0 Å². The summed E-state index contributed by atoms with van der Waals surface area (Å²) in [5.41, 5.74) is 5.97. The molecule has 0 saturated carbocycles. The number of nitrogens with one attached hydrogen (secondary N) is 1. The molecular formula is C20H25N3OS. The van der Waals surface area contributed by atoms with Gasteiger partial charge in [-0.3, -0.25) is 0 Å². The van der Waals surface area contributed by atoms with E-state index in [1.807, 2.05) is 6.07 Å². The maximum atomic E-state index is 5.22. The highest BCUT2D eigenvalue weighted by molar-refractivity contribution is 7.14. The highest BCUT2D eigenvalue weighted by Gasteiger charge is 2.14. The van der Waals surface area contributed by atoms with Crippen molar-refractivity contribution in [2.75, 3.05) is 19.0 Å². The van der Waals surface area contributed by atoms with Crippen LogP contribution < -0.4 is 5.32 Å². The van der Waals surface area contributed by atoms with E-state index in [9.17, 15) is 0 Å². The standard InChI is InChI=1S/C20H25N3OS/c1-14-12-18(16(3)23(14)10-11-24-4)19-13-25-20(22-19)21-15(2)17-8-6-5-7-9-17/h5-9,12-13,15H,10-11H2,1-4H3,(H,21,22)/t15-/m1/s1.